The first-order valence-corrected chi connectivity index (χ1v) is 23.4. The zero-order valence-electron chi connectivity index (χ0n) is 31.7. The van der Waals surface area contributed by atoms with Crippen molar-refractivity contribution in [2.75, 3.05) is 33.4 Å². The number of thiophene rings is 2. The fourth-order valence-corrected chi connectivity index (χ4v) is 10.9. The van der Waals surface area contributed by atoms with Crippen LogP contribution in [0.15, 0.2) is 70.3 Å². The van der Waals surface area contributed by atoms with Crippen molar-refractivity contribution in [3.05, 3.63) is 109 Å². The number of ether oxygens (including phenoxy) is 2. The summed E-state index contributed by atoms with van der Waals surface area (Å²) in [5.41, 5.74) is 3.75. The third kappa shape index (κ3) is 8.79. The Morgan fingerprint density at radius 3 is 1.83 bits per heavy atom. The first-order valence-electron chi connectivity index (χ1n) is 18.8. The highest BCUT2D eigenvalue weighted by molar-refractivity contribution is 7.88. The van der Waals surface area contributed by atoms with Gasteiger partial charge in [0.15, 0.2) is 4.21 Å². The fourth-order valence-electron chi connectivity index (χ4n) is 7.23. The number of aromatic nitrogens is 4. The van der Waals surface area contributed by atoms with Crippen LogP contribution in [0.4, 0.5) is 8.78 Å². The highest BCUT2D eigenvalue weighted by Gasteiger charge is 2.32. The molecule has 2 aliphatic rings. The molecule has 0 saturated heterocycles. The summed E-state index contributed by atoms with van der Waals surface area (Å²) in [6.45, 7) is 1.86. The summed E-state index contributed by atoms with van der Waals surface area (Å²) in [6.07, 6.45) is 6.00. The largest absolute Gasteiger partial charge is 0.492 e. The van der Waals surface area contributed by atoms with Gasteiger partial charge in [-0.2, -0.15) is 18.6 Å². The molecule has 1 N–H and O–H groups in total. The highest BCUT2D eigenvalue weighted by atomic mass is 35.5. The van der Waals surface area contributed by atoms with Gasteiger partial charge in [0, 0.05) is 40.1 Å². The maximum absolute atomic E-state index is 16.1. The molecule has 6 aromatic rings. The summed E-state index contributed by atoms with van der Waals surface area (Å²) in [6, 6.07) is 13.1. The molecule has 2 aliphatic heterocycles. The lowest BCUT2D eigenvalue weighted by atomic mass is 10.1. The molecule has 0 aliphatic carbocycles. The van der Waals surface area contributed by atoms with E-state index in [1.807, 2.05) is 18.5 Å². The second-order valence-electron chi connectivity index (χ2n) is 14.1. The van der Waals surface area contributed by atoms with Crippen LogP contribution < -0.4 is 9.47 Å². The van der Waals surface area contributed by atoms with Gasteiger partial charge < -0.3 is 14.4 Å². The van der Waals surface area contributed by atoms with Crippen LogP contribution in [0.5, 0.6) is 11.5 Å². The van der Waals surface area contributed by atoms with E-state index in [1.165, 1.54) is 34.2 Å². The Kier molecular flexibility index (Phi) is 12.8. The average Bonchev–Trinajstić information content (AvgIpc) is 3.96. The lowest BCUT2D eigenvalue weighted by molar-refractivity contribution is 0.326. The predicted octanol–water partition coefficient (Wildman–Crippen LogP) is 12.1. The standard InChI is InChI=1S/C41H35Cl4F2N5O5S3/c1-50(15-4-2-6-29(46)36-25-12-17-56-33-14-19-58-40(33)38(25)51(48-36)31-10-8-23(42)20-27(31)44)16-5-3-7-30(47)37-26-13-18-57-34-22-35(60(53,54)55)59-41(34)39(26)52(49-37)32-11-9-24(43)21-28(32)45/h6-11,14,19-22H,2-5,12-13,15-18H2,1H3,(H,53,54,55). The fraction of sp³-hybridized carbons (Fsp3) is 0.268. The van der Waals surface area contributed by atoms with Gasteiger partial charge in [0.2, 0.25) is 0 Å². The third-order valence-electron chi connectivity index (χ3n) is 10.0. The van der Waals surface area contributed by atoms with E-state index in [-0.39, 0.29) is 39.4 Å². The van der Waals surface area contributed by atoms with Crippen molar-refractivity contribution < 1.29 is 31.2 Å². The molecule has 0 bridgehead atoms. The van der Waals surface area contributed by atoms with Crippen LogP contribution in [0.25, 0.3) is 44.2 Å². The van der Waals surface area contributed by atoms with Gasteiger partial charge in [-0.05, 0) is 106 Å². The molecule has 2 aromatic carbocycles. The normalized spacial score (nSPS) is 14.2. The first kappa shape index (κ1) is 42.9. The molecule has 0 saturated carbocycles. The van der Waals surface area contributed by atoms with Crippen molar-refractivity contribution in [2.45, 2.75) is 42.7 Å². The number of allylic oxidation sites excluding steroid dienone is 2. The van der Waals surface area contributed by atoms with E-state index in [9.17, 15) is 13.0 Å². The van der Waals surface area contributed by atoms with E-state index < -0.39 is 21.8 Å². The molecule has 0 fully saturated rings. The molecule has 19 heteroatoms. The van der Waals surface area contributed by atoms with E-state index in [2.05, 4.69) is 10.00 Å². The minimum absolute atomic E-state index is 0.0813. The minimum Gasteiger partial charge on any atom is -0.492 e. The molecule has 314 valence electrons. The predicted molar refractivity (Wildman–Crippen MR) is 236 cm³/mol. The summed E-state index contributed by atoms with van der Waals surface area (Å²) in [7, 11) is -2.57. The maximum atomic E-state index is 16.1. The Morgan fingerprint density at radius 1 is 0.800 bits per heavy atom. The van der Waals surface area contributed by atoms with E-state index in [4.69, 9.17) is 61.0 Å². The van der Waals surface area contributed by atoms with Gasteiger partial charge in [-0.1, -0.05) is 46.4 Å². The molecule has 0 radical (unpaired) electrons. The lowest BCUT2D eigenvalue weighted by Crippen LogP contribution is -2.20. The zero-order chi connectivity index (χ0) is 42.3. The van der Waals surface area contributed by atoms with E-state index in [1.54, 1.807) is 41.1 Å². The quantitative estimate of drug-likeness (QED) is 0.0900. The van der Waals surface area contributed by atoms with Crippen LogP contribution in [0, 0.1) is 0 Å². The molecule has 4 aromatic heterocycles. The summed E-state index contributed by atoms with van der Waals surface area (Å²) in [5.74, 6) is -0.0169. The molecule has 0 amide bonds. The number of benzene rings is 2. The van der Waals surface area contributed by atoms with E-state index in [0.717, 1.165) is 33.2 Å². The Bertz CT molecular complexity index is 2780. The Morgan fingerprint density at radius 2 is 1.32 bits per heavy atom. The Hall–Kier alpha value is -3.77. The van der Waals surface area contributed by atoms with Crippen molar-refractivity contribution >= 4 is 90.8 Å². The molecule has 8 rings (SSSR count). The van der Waals surface area contributed by atoms with Crippen LogP contribution in [0.2, 0.25) is 20.1 Å². The molecule has 0 unspecified atom stereocenters. The van der Waals surface area contributed by atoms with E-state index in [0.29, 0.717) is 94.4 Å². The van der Waals surface area contributed by atoms with Crippen molar-refractivity contribution in [1.82, 2.24) is 24.5 Å². The van der Waals surface area contributed by atoms with Gasteiger partial charge >= 0.3 is 10.1 Å². The van der Waals surface area contributed by atoms with Gasteiger partial charge in [0.05, 0.1) is 55.8 Å². The van der Waals surface area contributed by atoms with Crippen LogP contribution in [0.3, 0.4) is 0 Å². The minimum atomic E-state index is -4.54. The maximum Gasteiger partial charge on any atom is 0.304 e. The summed E-state index contributed by atoms with van der Waals surface area (Å²) < 4.78 is 80.6. The number of unbranched alkanes of at least 4 members (excludes halogenated alkanes) is 2. The average molecular weight is 954 g/mol. The lowest BCUT2D eigenvalue weighted by Gasteiger charge is -2.15. The second kappa shape index (κ2) is 17.9. The monoisotopic (exact) mass is 951 g/mol. The molecule has 60 heavy (non-hydrogen) atoms. The summed E-state index contributed by atoms with van der Waals surface area (Å²) in [4.78, 5) is 3.33. The molecular weight excluding hydrogens is 918 g/mol. The molecular formula is C41H35Cl4F2N5O5S3. The van der Waals surface area contributed by atoms with Crippen LogP contribution >= 0.6 is 69.1 Å². The summed E-state index contributed by atoms with van der Waals surface area (Å²) in [5, 5.41) is 12.8. The highest BCUT2D eigenvalue weighted by Crippen LogP contribution is 2.47. The third-order valence-corrected chi connectivity index (χ3v) is 14.4. The summed E-state index contributed by atoms with van der Waals surface area (Å²) >= 11 is 27.8. The number of nitrogens with zero attached hydrogens (tertiary/aromatic N) is 5. The number of rotatable bonds is 13. The van der Waals surface area contributed by atoms with Gasteiger partial charge in [-0.25, -0.2) is 18.1 Å². The smallest absolute Gasteiger partial charge is 0.304 e. The van der Waals surface area contributed by atoms with Gasteiger partial charge in [-0.15, -0.1) is 22.7 Å². The SMILES string of the molecule is CN(CCCC=C(F)c1nn(-c2ccc(Cl)cc2Cl)c2c1CCOc1ccsc1-2)CCCC=C(F)c1nn(-c2ccc(Cl)cc2Cl)c2c1CCOc1cc(S(=O)(=O)O)sc1-2. The number of fused-ring (bicyclic) bond motifs is 6. The van der Waals surface area contributed by atoms with Crippen molar-refractivity contribution in [3.63, 3.8) is 0 Å². The van der Waals surface area contributed by atoms with Gasteiger partial charge in [0.25, 0.3) is 0 Å². The zero-order valence-corrected chi connectivity index (χ0v) is 37.2. The molecule has 6 heterocycles. The second-order valence-corrected chi connectivity index (χ2v) is 19.4. The number of hydrogen-bond donors (Lipinski definition) is 1. The van der Waals surface area contributed by atoms with Gasteiger partial charge in [-0.3, -0.25) is 4.55 Å². The Labute approximate surface area is 372 Å². The van der Waals surface area contributed by atoms with Crippen LogP contribution in [-0.4, -0.2) is 70.8 Å². The van der Waals surface area contributed by atoms with Gasteiger partial charge in [0.1, 0.15) is 34.5 Å². The number of halogens is 6. The van der Waals surface area contributed by atoms with Crippen LogP contribution in [-0.2, 0) is 23.0 Å². The molecule has 0 spiro atoms. The van der Waals surface area contributed by atoms with Crippen molar-refractivity contribution in [2.24, 2.45) is 0 Å². The van der Waals surface area contributed by atoms with Crippen molar-refractivity contribution in [3.8, 4) is 44.0 Å². The number of hydrogen-bond acceptors (Lipinski definition) is 9. The van der Waals surface area contributed by atoms with E-state index >= 15 is 8.78 Å². The first-order chi connectivity index (χ1) is 28.8. The van der Waals surface area contributed by atoms with Crippen LogP contribution in [0.1, 0.15) is 48.2 Å². The van der Waals surface area contributed by atoms with Crippen molar-refractivity contribution in [1.29, 1.82) is 0 Å². The molecule has 0 atom stereocenters. The topological polar surface area (TPSA) is 112 Å². The molecule has 10 nitrogen and oxygen atoms in total. The Balaban J connectivity index is 0.936.